The van der Waals surface area contributed by atoms with E-state index in [9.17, 15) is 9.59 Å². The van der Waals surface area contributed by atoms with Gasteiger partial charge in [0.15, 0.2) is 0 Å². The van der Waals surface area contributed by atoms with E-state index in [4.69, 9.17) is 9.72 Å². The van der Waals surface area contributed by atoms with Crippen LogP contribution < -0.4 is 4.90 Å². The van der Waals surface area contributed by atoms with E-state index >= 15 is 0 Å². The SMILES string of the molecule is CCOC(=O)Cn1c([C@H]2CC(=O)N(c3cccc(C)c3C)C2)nc2ccccc21. The van der Waals surface area contributed by atoms with Crippen LogP contribution in [0, 0.1) is 13.8 Å². The summed E-state index contributed by atoms with van der Waals surface area (Å²) in [6, 6.07) is 13.8. The molecule has 1 amide bonds. The van der Waals surface area contributed by atoms with E-state index in [-0.39, 0.29) is 24.3 Å². The number of benzene rings is 2. The molecule has 0 spiro atoms. The molecule has 3 aromatic rings. The summed E-state index contributed by atoms with van der Waals surface area (Å²) in [6.07, 6.45) is 0.375. The van der Waals surface area contributed by atoms with Crippen LogP contribution in [-0.4, -0.2) is 34.6 Å². The maximum atomic E-state index is 12.9. The van der Waals surface area contributed by atoms with Crippen LogP contribution >= 0.6 is 0 Å². The summed E-state index contributed by atoms with van der Waals surface area (Å²) in [4.78, 5) is 31.7. The van der Waals surface area contributed by atoms with E-state index < -0.39 is 0 Å². The van der Waals surface area contributed by atoms with Gasteiger partial charge in [0.25, 0.3) is 0 Å². The number of esters is 1. The van der Waals surface area contributed by atoms with Gasteiger partial charge in [-0.1, -0.05) is 24.3 Å². The van der Waals surface area contributed by atoms with Gasteiger partial charge in [0.2, 0.25) is 5.91 Å². The minimum atomic E-state index is -0.299. The number of imidazole rings is 1. The molecule has 1 saturated heterocycles. The van der Waals surface area contributed by atoms with Crippen LogP contribution in [0.2, 0.25) is 0 Å². The number of hydrogen-bond donors (Lipinski definition) is 0. The van der Waals surface area contributed by atoms with E-state index in [1.807, 2.05) is 52.8 Å². The van der Waals surface area contributed by atoms with Crippen molar-refractivity contribution < 1.29 is 14.3 Å². The third kappa shape index (κ3) is 3.50. The fourth-order valence-electron chi connectivity index (χ4n) is 4.05. The van der Waals surface area contributed by atoms with Crippen molar-refractivity contribution >= 4 is 28.6 Å². The smallest absolute Gasteiger partial charge is 0.326 e. The topological polar surface area (TPSA) is 64.4 Å². The van der Waals surface area contributed by atoms with Gasteiger partial charge in [-0.3, -0.25) is 9.59 Å². The number of carbonyl (C=O) groups excluding carboxylic acids is 2. The lowest BCUT2D eigenvalue weighted by Gasteiger charge is -2.20. The van der Waals surface area contributed by atoms with Crippen LogP contribution in [0.25, 0.3) is 11.0 Å². The summed E-state index contributed by atoms with van der Waals surface area (Å²) in [5, 5.41) is 0. The Bertz CT molecular complexity index is 1090. The lowest BCUT2D eigenvalue weighted by Crippen LogP contribution is -2.25. The minimum absolute atomic E-state index is 0.0794. The highest BCUT2D eigenvalue weighted by molar-refractivity contribution is 5.97. The number of para-hydroxylation sites is 2. The fourth-order valence-corrected chi connectivity index (χ4v) is 4.05. The molecular formula is C23H25N3O3. The van der Waals surface area contributed by atoms with Gasteiger partial charge in [-0.15, -0.1) is 0 Å². The molecule has 0 N–H and O–H groups in total. The van der Waals surface area contributed by atoms with Gasteiger partial charge >= 0.3 is 5.97 Å². The summed E-state index contributed by atoms with van der Waals surface area (Å²) < 4.78 is 7.06. The Morgan fingerprint density at radius 2 is 1.97 bits per heavy atom. The average molecular weight is 391 g/mol. The summed E-state index contributed by atoms with van der Waals surface area (Å²) in [7, 11) is 0. The van der Waals surface area contributed by atoms with Crippen LogP contribution in [0.15, 0.2) is 42.5 Å². The number of nitrogens with zero attached hydrogens (tertiary/aromatic N) is 3. The molecule has 150 valence electrons. The number of anilines is 1. The van der Waals surface area contributed by atoms with Gasteiger partial charge in [0, 0.05) is 24.6 Å². The largest absolute Gasteiger partial charge is 0.465 e. The molecule has 2 aromatic carbocycles. The number of aryl methyl sites for hydroxylation is 1. The third-order valence-electron chi connectivity index (χ3n) is 5.63. The van der Waals surface area contributed by atoms with Gasteiger partial charge in [-0.2, -0.15) is 0 Å². The predicted molar refractivity (Wildman–Crippen MR) is 112 cm³/mol. The molecule has 0 bridgehead atoms. The Labute approximate surface area is 170 Å². The molecule has 1 aromatic heterocycles. The number of carbonyl (C=O) groups is 2. The van der Waals surface area contributed by atoms with Crippen molar-refractivity contribution in [2.24, 2.45) is 0 Å². The van der Waals surface area contributed by atoms with Gasteiger partial charge < -0.3 is 14.2 Å². The van der Waals surface area contributed by atoms with Crippen LogP contribution in [-0.2, 0) is 20.9 Å². The lowest BCUT2D eigenvalue weighted by molar-refractivity contribution is -0.143. The standard InChI is InChI=1S/C23H25N3O3/c1-4-29-22(28)14-26-20-10-6-5-9-18(20)24-23(26)17-12-21(27)25(13-17)19-11-7-8-15(2)16(19)3/h5-11,17H,4,12-14H2,1-3H3/t17-/m0/s1. The lowest BCUT2D eigenvalue weighted by atomic mass is 10.1. The Morgan fingerprint density at radius 3 is 2.76 bits per heavy atom. The number of fused-ring (bicyclic) bond motifs is 1. The van der Waals surface area contributed by atoms with Crippen molar-refractivity contribution in [2.45, 2.75) is 39.7 Å². The molecular weight excluding hydrogens is 366 g/mol. The molecule has 1 atom stereocenters. The second-order valence-electron chi connectivity index (χ2n) is 7.47. The number of rotatable bonds is 5. The summed E-state index contributed by atoms with van der Waals surface area (Å²) in [6.45, 7) is 6.87. The third-order valence-corrected chi connectivity index (χ3v) is 5.63. The molecule has 1 fully saturated rings. The van der Waals surface area contributed by atoms with Gasteiger partial charge in [0.05, 0.1) is 17.6 Å². The quantitative estimate of drug-likeness (QED) is 0.622. The molecule has 6 nitrogen and oxygen atoms in total. The summed E-state index contributed by atoms with van der Waals surface area (Å²) in [5.74, 6) is 0.468. The second kappa shape index (κ2) is 7.70. The Kier molecular flexibility index (Phi) is 5.09. The minimum Gasteiger partial charge on any atom is -0.465 e. The number of hydrogen-bond acceptors (Lipinski definition) is 4. The second-order valence-corrected chi connectivity index (χ2v) is 7.47. The van der Waals surface area contributed by atoms with Gasteiger partial charge in [0.1, 0.15) is 12.4 Å². The first-order chi connectivity index (χ1) is 14.0. The van der Waals surface area contributed by atoms with Crippen molar-refractivity contribution in [1.82, 2.24) is 9.55 Å². The van der Waals surface area contributed by atoms with Crippen LogP contribution in [0.4, 0.5) is 5.69 Å². The van der Waals surface area contributed by atoms with Crippen LogP contribution in [0.1, 0.15) is 36.2 Å². The van der Waals surface area contributed by atoms with Crippen molar-refractivity contribution in [3.8, 4) is 0 Å². The van der Waals surface area contributed by atoms with Crippen LogP contribution in [0.5, 0.6) is 0 Å². The molecule has 4 rings (SSSR count). The first-order valence-electron chi connectivity index (χ1n) is 9.97. The highest BCUT2D eigenvalue weighted by Gasteiger charge is 2.35. The number of aromatic nitrogens is 2. The van der Waals surface area contributed by atoms with E-state index in [2.05, 4.69) is 13.0 Å². The zero-order chi connectivity index (χ0) is 20.5. The first kappa shape index (κ1) is 19.2. The number of amides is 1. The molecule has 6 heteroatoms. The average Bonchev–Trinajstić information content (AvgIpc) is 3.25. The molecule has 1 aliphatic heterocycles. The fraction of sp³-hybridized carbons (Fsp3) is 0.348. The van der Waals surface area contributed by atoms with E-state index in [0.29, 0.717) is 19.6 Å². The highest BCUT2D eigenvalue weighted by Crippen LogP contribution is 2.35. The molecule has 0 unspecified atom stereocenters. The first-order valence-corrected chi connectivity index (χ1v) is 9.97. The normalized spacial score (nSPS) is 16.6. The predicted octanol–water partition coefficient (Wildman–Crippen LogP) is 3.74. The monoisotopic (exact) mass is 391 g/mol. The molecule has 0 radical (unpaired) electrons. The van der Waals surface area contributed by atoms with Gasteiger partial charge in [-0.25, -0.2) is 4.98 Å². The van der Waals surface area contributed by atoms with Crippen molar-refractivity contribution in [2.75, 3.05) is 18.1 Å². The highest BCUT2D eigenvalue weighted by atomic mass is 16.5. The van der Waals surface area contributed by atoms with Crippen LogP contribution in [0.3, 0.4) is 0 Å². The zero-order valence-corrected chi connectivity index (χ0v) is 17.0. The van der Waals surface area contributed by atoms with Gasteiger partial charge in [-0.05, 0) is 50.1 Å². The molecule has 2 heterocycles. The molecule has 0 saturated carbocycles. The molecule has 29 heavy (non-hydrogen) atoms. The van der Waals surface area contributed by atoms with E-state index in [1.54, 1.807) is 6.92 Å². The maximum Gasteiger partial charge on any atom is 0.326 e. The summed E-state index contributed by atoms with van der Waals surface area (Å²) in [5.41, 5.74) is 4.93. The Morgan fingerprint density at radius 1 is 1.17 bits per heavy atom. The maximum absolute atomic E-state index is 12.9. The molecule has 1 aliphatic rings. The Balaban J connectivity index is 1.71. The molecule has 0 aliphatic carbocycles. The van der Waals surface area contributed by atoms with Crippen molar-refractivity contribution in [1.29, 1.82) is 0 Å². The van der Waals surface area contributed by atoms with Crippen molar-refractivity contribution in [3.63, 3.8) is 0 Å². The van der Waals surface area contributed by atoms with E-state index in [0.717, 1.165) is 33.7 Å². The van der Waals surface area contributed by atoms with Crippen molar-refractivity contribution in [3.05, 3.63) is 59.4 Å². The zero-order valence-electron chi connectivity index (χ0n) is 17.0. The number of ether oxygens (including phenoxy) is 1. The Hall–Kier alpha value is -3.15. The van der Waals surface area contributed by atoms with E-state index in [1.165, 1.54) is 0 Å². The summed E-state index contributed by atoms with van der Waals surface area (Å²) >= 11 is 0.